The molecule has 0 saturated heterocycles. The fourth-order valence-electron chi connectivity index (χ4n) is 2.48. The van der Waals surface area contributed by atoms with Gasteiger partial charge in [0.25, 0.3) is 0 Å². The van der Waals surface area contributed by atoms with Crippen LogP contribution < -0.4 is 0 Å². The first-order chi connectivity index (χ1) is 5.79. The Morgan fingerprint density at radius 2 is 2.42 bits per heavy atom. The van der Waals surface area contributed by atoms with E-state index in [1.165, 1.54) is 31.9 Å². The van der Waals surface area contributed by atoms with E-state index in [9.17, 15) is 4.79 Å². The average Bonchev–Trinajstić information content (AvgIpc) is 2.64. The van der Waals surface area contributed by atoms with Crippen LogP contribution in [0.2, 0.25) is 0 Å². The van der Waals surface area contributed by atoms with E-state index in [0.717, 1.165) is 12.3 Å². The summed E-state index contributed by atoms with van der Waals surface area (Å²) < 4.78 is 4.60. The summed E-state index contributed by atoms with van der Waals surface area (Å²) in [6.07, 6.45) is 6.79. The van der Waals surface area contributed by atoms with Gasteiger partial charge in [-0.2, -0.15) is 0 Å². The van der Waals surface area contributed by atoms with Crippen molar-refractivity contribution >= 4 is 5.97 Å². The van der Waals surface area contributed by atoms with Crippen molar-refractivity contribution in [3.05, 3.63) is 11.6 Å². The Kier molecular flexibility index (Phi) is 1.91. The summed E-state index contributed by atoms with van der Waals surface area (Å²) in [6, 6.07) is 0. The Balaban J connectivity index is 2.06. The van der Waals surface area contributed by atoms with Gasteiger partial charge in [-0.1, -0.05) is 5.57 Å². The Hall–Kier alpha value is -0.790. The van der Waals surface area contributed by atoms with Gasteiger partial charge in [-0.15, -0.1) is 0 Å². The predicted molar refractivity (Wildman–Crippen MR) is 45.5 cm³/mol. The summed E-state index contributed by atoms with van der Waals surface area (Å²) in [6.45, 7) is 0. The second kappa shape index (κ2) is 2.92. The van der Waals surface area contributed by atoms with Crippen LogP contribution in [-0.4, -0.2) is 13.1 Å². The van der Waals surface area contributed by atoms with Crippen molar-refractivity contribution in [3.63, 3.8) is 0 Å². The zero-order valence-corrected chi connectivity index (χ0v) is 7.38. The number of hydrogen-bond donors (Lipinski definition) is 0. The summed E-state index contributed by atoms with van der Waals surface area (Å²) in [5.74, 6) is 1.39. The van der Waals surface area contributed by atoms with Crippen molar-refractivity contribution in [2.75, 3.05) is 7.11 Å². The van der Waals surface area contributed by atoms with Crippen LogP contribution in [0.15, 0.2) is 11.6 Å². The molecule has 0 amide bonds. The van der Waals surface area contributed by atoms with Crippen LogP contribution >= 0.6 is 0 Å². The highest BCUT2D eigenvalue weighted by Gasteiger charge is 2.35. The highest BCUT2D eigenvalue weighted by molar-refractivity contribution is 5.82. The van der Waals surface area contributed by atoms with Crippen LogP contribution in [0.1, 0.15) is 25.7 Å². The molecule has 2 nitrogen and oxygen atoms in total. The molecule has 0 aromatic rings. The van der Waals surface area contributed by atoms with E-state index in [0.29, 0.717) is 5.92 Å². The summed E-state index contributed by atoms with van der Waals surface area (Å²) in [4.78, 5) is 10.9. The number of fused-ring (bicyclic) bond motifs is 2. The smallest absolute Gasteiger partial charge is 0.330 e. The molecule has 0 radical (unpaired) electrons. The molecule has 2 fully saturated rings. The van der Waals surface area contributed by atoms with Crippen LogP contribution in [0.5, 0.6) is 0 Å². The largest absolute Gasteiger partial charge is 0.466 e. The summed E-state index contributed by atoms with van der Waals surface area (Å²) in [5.41, 5.74) is 1.33. The maximum Gasteiger partial charge on any atom is 0.330 e. The maximum atomic E-state index is 10.9. The van der Waals surface area contributed by atoms with Crippen molar-refractivity contribution in [3.8, 4) is 0 Å². The fraction of sp³-hybridized carbons (Fsp3) is 0.700. The molecule has 0 N–H and O–H groups in total. The lowest BCUT2D eigenvalue weighted by molar-refractivity contribution is -0.134. The lowest BCUT2D eigenvalue weighted by Gasteiger charge is -2.11. The third kappa shape index (κ3) is 1.26. The van der Waals surface area contributed by atoms with E-state index in [1.54, 1.807) is 6.08 Å². The monoisotopic (exact) mass is 166 g/mol. The molecule has 2 unspecified atom stereocenters. The van der Waals surface area contributed by atoms with Crippen LogP contribution in [0.4, 0.5) is 0 Å². The standard InChI is InChI=1S/C10H14O2/c1-12-10(11)6-9-5-7-2-3-8(9)4-7/h6-8H,2-5H2,1H3/b9-6-. The van der Waals surface area contributed by atoms with Gasteiger partial charge in [-0.05, 0) is 37.5 Å². The van der Waals surface area contributed by atoms with Gasteiger partial charge < -0.3 is 4.74 Å². The average molecular weight is 166 g/mol. The first kappa shape index (κ1) is 7.84. The molecule has 2 bridgehead atoms. The predicted octanol–water partition coefficient (Wildman–Crippen LogP) is 1.91. The van der Waals surface area contributed by atoms with Crippen molar-refractivity contribution < 1.29 is 9.53 Å². The molecule has 2 aliphatic carbocycles. The van der Waals surface area contributed by atoms with Crippen LogP contribution in [-0.2, 0) is 9.53 Å². The van der Waals surface area contributed by atoms with Crippen LogP contribution in [0.3, 0.4) is 0 Å². The quantitative estimate of drug-likeness (QED) is 0.439. The summed E-state index contributed by atoms with van der Waals surface area (Å²) >= 11 is 0. The molecular formula is C10H14O2. The third-order valence-electron chi connectivity index (χ3n) is 3.09. The molecule has 12 heavy (non-hydrogen) atoms. The van der Waals surface area contributed by atoms with Crippen molar-refractivity contribution in [1.82, 2.24) is 0 Å². The molecule has 66 valence electrons. The number of methoxy groups -OCH3 is 1. The van der Waals surface area contributed by atoms with E-state index in [4.69, 9.17) is 0 Å². The first-order valence-corrected chi connectivity index (χ1v) is 4.58. The van der Waals surface area contributed by atoms with Gasteiger partial charge in [0.2, 0.25) is 0 Å². The van der Waals surface area contributed by atoms with Gasteiger partial charge >= 0.3 is 5.97 Å². The van der Waals surface area contributed by atoms with Gasteiger partial charge in [0.1, 0.15) is 0 Å². The van der Waals surface area contributed by atoms with Gasteiger partial charge in [0.05, 0.1) is 7.11 Å². The number of esters is 1. The van der Waals surface area contributed by atoms with E-state index < -0.39 is 0 Å². The van der Waals surface area contributed by atoms with Gasteiger partial charge in [-0.25, -0.2) is 4.79 Å². The molecule has 2 atom stereocenters. The second-order valence-electron chi connectivity index (χ2n) is 3.82. The molecule has 0 spiro atoms. The molecule has 0 aromatic carbocycles. The number of carbonyl (C=O) groups is 1. The zero-order valence-electron chi connectivity index (χ0n) is 7.38. The number of allylic oxidation sites excluding steroid dienone is 1. The SMILES string of the molecule is COC(=O)/C=C1/CC2CCC1C2. The Morgan fingerprint density at radius 3 is 2.92 bits per heavy atom. The molecule has 0 heterocycles. The van der Waals surface area contributed by atoms with E-state index in [2.05, 4.69) is 4.74 Å². The van der Waals surface area contributed by atoms with Crippen molar-refractivity contribution in [2.24, 2.45) is 11.8 Å². The lowest BCUT2D eigenvalue weighted by Crippen LogP contribution is -2.03. The fourth-order valence-corrected chi connectivity index (χ4v) is 2.48. The maximum absolute atomic E-state index is 10.9. The second-order valence-corrected chi connectivity index (χ2v) is 3.82. The topological polar surface area (TPSA) is 26.3 Å². The van der Waals surface area contributed by atoms with E-state index in [-0.39, 0.29) is 5.97 Å². The molecule has 2 aliphatic rings. The van der Waals surface area contributed by atoms with Crippen molar-refractivity contribution in [2.45, 2.75) is 25.7 Å². The van der Waals surface area contributed by atoms with Gasteiger partial charge in [0, 0.05) is 6.08 Å². The Bertz CT molecular complexity index is 230. The Morgan fingerprint density at radius 1 is 1.58 bits per heavy atom. The van der Waals surface area contributed by atoms with Crippen LogP contribution in [0.25, 0.3) is 0 Å². The molecule has 0 aliphatic heterocycles. The molecule has 2 rings (SSSR count). The minimum atomic E-state index is -0.183. The van der Waals surface area contributed by atoms with Crippen molar-refractivity contribution in [1.29, 1.82) is 0 Å². The van der Waals surface area contributed by atoms with Gasteiger partial charge in [0.15, 0.2) is 0 Å². The highest BCUT2D eigenvalue weighted by atomic mass is 16.5. The highest BCUT2D eigenvalue weighted by Crippen LogP contribution is 2.47. The minimum absolute atomic E-state index is 0.183. The van der Waals surface area contributed by atoms with Gasteiger partial charge in [-0.3, -0.25) is 0 Å². The Labute approximate surface area is 72.6 Å². The first-order valence-electron chi connectivity index (χ1n) is 4.58. The molecular weight excluding hydrogens is 152 g/mol. The number of rotatable bonds is 1. The van der Waals surface area contributed by atoms with Crippen LogP contribution in [0, 0.1) is 11.8 Å². The number of carbonyl (C=O) groups excluding carboxylic acids is 1. The molecule has 0 aromatic heterocycles. The van der Waals surface area contributed by atoms with E-state index in [1.807, 2.05) is 0 Å². The molecule has 2 saturated carbocycles. The zero-order chi connectivity index (χ0) is 8.55. The normalized spacial score (nSPS) is 35.9. The van der Waals surface area contributed by atoms with E-state index >= 15 is 0 Å². The molecule has 2 heteroatoms. The summed E-state index contributed by atoms with van der Waals surface area (Å²) in [5, 5.41) is 0. The number of hydrogen-bond acceptors (Lipinski definition) is 2. The lowest BCUT2D eigenvalue weighted by atomic mass is 9.95. The third-order valence-corrected chi connectivity index (χ3v) is 3.09. The summed E-state index contributed by atoms with van der Waals surface area (Å²) in [7, 11) is 1.44. The number of ether oxygens (including phenoxy) is 1. The minimum Gasteiger partial charge on any atom is -0.466 e.